The molecule has 6 nitrogen and oxygen atoms in total. The van der Waals surface area contributed by atoms with Crippen LogP contribution in [0.1, 0.15) is 142 Å². The molecule has 0 fully saturated rings. The zero-order chi connectivity index (χ0) is 35.9. The van der Waals surface area contributed by atoms with Gasteiger partial charge in [0, 0.05) is 23.9 Å². The molecule has 0 aliphatic carbocycles. The molecule has 2 N–H and O–H groups in total. The highest BCUT2D eigenvalue weighted by molar-refractivity contribution is 5.84. The molecule has 6 heteroatoms. The monoisotopic (exact) mass is 642 g/mol. The normalized spacial score (nSPS) is 14.8. The third-order valence-corrected chi connectivity index (χ3v) is 9.42. The number of aliphatic hydroxyl groups is 1. The summed E-state index contributed by atoms with van der Waals surface area (Å²) in [6.07, 6.45) is 2.21. The van der Waals surface area contributed by atoms with Gasteiger partial charge in [-0.05, 0) is 67.0 Å². The van der Waals surface area contributed by atoms with E-state index in [-0.39, 0.29) is 44.6 Å². The second kappa shape index (κ2) is 13.2. The molecule has 3 aromatic carbocycles. The summed E-state index contributed by atoms with van der Waals surface area (Å²) in [5.74, 6) is -0.217. The molecule has 47 heavy (non-hydrogen) atoms. The first-order valence-electron chi connectivity index (χ1n) is 16.9. The summed E-state index contributed by atoms with van der Waals surface area (Å²) < 4.78 is 0. The number of nitrogens with zero attached hydrogens (tertiary/aromatic N) is 2. The Bertz CT molecular complexity index is 1490. The van der Waals surface area contributed by atoms with Gasteiger partial charge in [-0.2, -0.15) is 0 Å². The van der Waals surface area contributed by atoms with Gasteiger partial charge in [0.25, 0.3) is 5.69 Å². The van der Waals surface area contributed by atoms with Crippen molar-refractivity contribution in [1.82, 2.24) is 0 Å². The van der Waals surface area contributed by atoms with E-state index in [1.807, 2.05) is 0 Å². The Hall–Kier alpha value is -3.51. The molecule has 0 aromatic heterocycles. The lowest BCUT2D eigenvalue weighted by Gasteiger charge is -2.41. The first-order chi connectivity index (χ1) is 21.3. The summed E-state index contributed by atoms with van der Waals surface area (Å²) in [7, 11) is 0. The van der Waals surface area contributed by atoms with Gasteiger partial charge >= 0.3 is 0 Å². The molecule has 0 aliphatic rings. The number of aliphatic imine (C=N–C) groups is 1. The van der Waals surface area contributed by atoms with E-state index in [4.69, 9.17) is 4.99 Å². The van der Waals surface area contributed by atoms with E-state index < -0.39 is 16.6 Å². The van der Waals surface area contributed by atoms with Gasteiger partial charge < -0.3 is 10.2 Å². The average Bonchev–Trinajstić information content (AvgIpc) is 2.95. The van der Waals surface area contributed by atoms with Crippen molar-refractivity contribution in [2.75, 3.05) is 0 Å². The largest absolute Gasteiger partial charge is 0.507 e. The third kappa shape index (κ3) is 8.51. The maximum absolute atomic E-state index is 13.7. The zero-order valence-electron chi connectivity index (χ0n) is 31.2. The van der Waals surface area contributed by atoms with Crippen molar-refractivity contribution in [3.8, 4) is 5.75 Å². The second-order valence-electron chi connectivity index (χ2n) is 17.5. The van der Waals surface area contributed by atoms with Crippen LogP contribution in [-0.2, 0) is 27.3 Å². The molecule has 2 atom stereocenters. The summed E-state index contributed by atoms with van der Waals surface area (Å²) in [5.41, 5.74) is 3.71. The van der Waals surface area contributed by atoms with Crippen LogP contribution in [0.5, 0.6) is 5.75 Å². The Kier molecular flexibility index (Phi) is 10.6. The van der Waals surface area contributed by atoms with Gasteiger partial charge in [-0.15, -0.1) is 0 Å². The predicted molar refractivity (Wildman–Crippen MR) is 196 cm³/mol. The number of benzene rings is 3. The van der Waals surface area contributed by atoms with Crippen LogP contribution in [-0.4, -0.2) is 27.4 Å². The average molecular weight is 643 g/mol. The Labute approximate surface area is 283 Å². The van der Waals surface area contributed by atoms with Crippen molar-refractivity contribution >= 4 is 11.9 Å². The molecule has 0 aliphatic heterocycles. The number of hydrogen-bond donors (Lipinski definition) is 2. The molecule has 0 radical (unpaired) electrons. The van der Waals surface area contributed by atoms with Crippen molar-refractivity contribution in [2.45, 2.75) is 137 Å². The van der Waals surface area contributed by atoms with Crippen LogP contribution in [0.2, 0.25) is 0 Å². The van der Waals surface area contributed by atoms with Gasteiger partial charge in [0.05, 0.1) is 11.0 Å². The van der Waals surface area contributed by atoms with Crippen LogP contribution < -0.4 is 0 Å². The van der Waals surface area contributed by atoms with Crippen LogP contribution in [0, 0.1) is 16.0 Å². The maximum Gasteiger partial charge on any atom is 0.270 e. The van der Waals surface area contributed by atoms with Crippen molar-refractivity contribution in [3.05, 3.63) is 104 Å². The molecule has 0 unspecified atom stereocenters. The quantitative estimate of drug-likeness (QED) is 0.145. The Morgan fingerprint density at radius 1 is 0.702 bits per heavy atom. The minimum Gasteiger partial charge on any atom is -0.507 e. The number of phenols is 1. The lowest BCUT2D eigenvalue weighted by molar-refractivity contribution is -0.384. The Balaban J connectivity index is 2.56. The first kappa shape index (κ1) is 37.9. The third-order valence-electron chi connectivity index (χ3n) is 9.42. The van der Waals surface area contributed by atoms with E-state index in [9.17, 15) is 20.3 Å². The fourth-order valence-electron chi connectivity index (χ4n) is 5.74. The smallest absolute Gasteiger partial charge is 0.270 e. The number of phenolic OH excluding ortho intramolecular Hbond substituents is 1. The lowest BCUT2D eigenvalue weighted by atomic mass is 9.69. The van der Waals surface area contributed by atoms with Crippen molar-refractivity contribution < 1.29 is 15.1 Å². The Morgan fingerprint density at radius 2 is 1.06 bits per heavy atom. The minimum absolute atomic E-state index is 0.107. The fourth-order valence-corrected chi connectivity index (χ4v) is 5.74. The van der Waals surface area contributed by atoms with Gasteiger partial charge in [-0.3, -0.25) is 15.1 Å². The molecule has 0 amide bonds. The molecule has 0 saturated heterocycles. The molecule has 0 spiro atoms. The number of hydrogen-bond acceptors (Lipinski definition) is 5. The van der Waals surface area contributed by atoms with Crippen LogP contribution in [0.3, 0.4) is 0 Å². The highest BCUT2D eigenvalue weighted by Crippen LogP contribution is 2.45. The van der Waals surface area contributed by atoms with Crippen LogP contribution in [0.25, 0.3) is 0 Å². The maximum atomic E-state index is 13.7. The van der Waals surface area contributed by atoms with Gasteiger partial charge in [-0.25, -0.2) is 0 Å². The molecule has 0 bridgehead atoms. The van der Waals surface area contributed by atoms with Crippen LogP contribution >= 0.6 is 0 Å². The molecular formula is C41H58N2O4. The number of non-ortho nitro benzene ring substituents is 1. The molecular weight excluding hydrogens is 584 g/mol. The first-order valence-corrected chi connectivity index (χ1v) is 16.9. The molecule has 256 valence electrons. The van der Waals surface area contributed by atoms with E-state index in [2.05, 4.69) is 133 Å². The van der Waals surface area contributed by atoms with Crippen LogP contribution in [0.15, 0.2) is 59.6 Å². The van der Waals surface area contributed by atoms with E-state index in [0.29, 0.717) is 0 Å². The van der Waals surface area contributed by atoms with Crippen molar-refractivity contribution in [3.63, 3.8) is 0 Å². The predicted octanol–water partition coefficient (Wildman–Crippen LogP) is 10.3. The highest BCUT2D eigenvalue weighted by atomic mass is 16.6. The van der Waals surface area contributed by atoms with E-state index in [1.54, 1.807) is 0 Å². The lowest BCUT2D eigenvalue weighted by Crippen LogP contribution is -2.44. The van der Waals surface area contributed by atoms with Gasteiger partial charge in [0.2, 0.25) is 0 Å². The second-order valence-corrected chi connectivity index (χ2v) is 17.5. The van der Waals surface area contributed by atoms with Crippen LogP contribution in [0.4, 0.5) is 5.69 Å². The summed E-state index contributed by atoms with van der Waals surface area (Å²) in [5, 5.41) is 35.9. The number of rotatable bonds is 8. The molecule has 0 saturated carbocycles. The highest BCUT2D eigenvalue weighted by Gasteiger charge is 2.45. The van der Waals surface area contributed by atoms with Crippen molar-refractivity contribution in [2.24, 2.45) is 10.9 Å². The number of aromatic hydroxyl groups is 1. The summed E-state index contributed by atoms with van der Waals surface area (Å²) >= 11 is 0. The number of nitro groups is 1. The van der Waals surface area contributed by atoms with Gasteiger partial charge in [-0.1, -0.05) is 140 Å². The zero-order valence-corrected chi connectivity index (χ0v) is 31.2. The summed E-state index contributed by atoms with van der Waals surface area (Å²) in [4.78, 5) is 16.1. The van der Waals surface area contributed by atoms with Gasteiger partial charge in [0.15, 0.2) is 0 Å². The van der Waals surface area contributed by atoms with Crippen molar-refractivity contribution in [1.29, 1.82) is 0 Å². The minimum atomic E-state index is -1.59. The van der Waals surface area contributed by atoms with E-state index in [1.165, 1.54) is 24.4 Å². The Morgan fingerprint density at radius 3 is 1.38 bits per heavy atom. The van der Waals surface area contributed by atoms with E-state index >= 15 is 0 Å². The summed E-state index contributed by atoms with van der Waals surface area (Å²) in [6.45, 7) is 30.4. The molecule has 3 rings (SSSR count). The summed E-state index contributed by atoms with van der Waals surface area (Å²) in [6, 6.07) is 16.2. The SMILES string of the molecule is CC[C@H](C)[C@H](N=Cc1cc([N+](=O)[O-])ccc1O)C(O)(c1cc(C(C)(C)C)cc(C(C)(C)C)c1)c1cc(C(C)(C)C)cc(C(C)(C)C)c1. The standard InChI is InChI=1S/C41H58N2O4/c1-15-26(2)36(42-25-27-18-34(43(46)47)16-17-35(27)44)41(45,32-21-28(37(3,4)5)19-29(22-32)38(6,7)8)33-23-30(39(9,10)11)20-31(24-33)40(12,13)14/h16-26,36,44-45H,15H2,1-14H3/t26-,36-/m0/s1. The number of nitro benzene ring substituents is 1. The fraction of sp³-hybridized carbons (Fsp3) is 0.537. The topological polar surface area (TPSA) is 96.0 Å². The molecule has 3 aromatic rings. The molecule has 0 heterocycles. The van der Waals surface area contributed by atoms with E-state index in [0.717, 1.165) is 39.8 Å². The van der Waals surface area contributed by atoms with Gasteiger partial charge in [0.1, 0.15) is 11.4 Å².